The average molecular weight is 303 g/mol. The summed E-state index contributed by atoms with van der Waals surface area (Å²) in [5.41, 5.74) is 2.49. The van der Waals surface area contributed by atoms with Gasteiger partial charge >= 0.3 is 0 Å². The van der Waals surface area contributed by atoms with Gasteiger partial charge in [0.15, 0.2) is 0 Å². The maximum atomic E-state index is 8.89. The van der Waals surface area contributed by atoms with Gasteiger partial charge in [0.1, 0.15) is 5.75 Å². The van der Waals surface area contributed by atoms with Crippen molar-refractivity contribution in [2.75, 3.05) is 0 Å². The van der Waals surface area contributed by atoms with Crippen molar-refractivity contribution in [1.29, 1.82) is 5.26 Å². The molecule has 0 radical (unpaired) electrons. The summed E-state index contributed by atoms with van der Waals surface area (Å²) in [5.74, 6) is 1.29. The number of ether oxygens (including phenoxy) is 1. The summed E-state index contributed by atoms with van der Waals surface area (Å²) in [6, 6.07) is 9.41. The van der Waals surface area contributed by atoms with Crippen LogP contribution in [0.3, 0.4) is 0 Å². The summed E-state index contributed by atoms with van der Waals surface area (Å²) in [7, 11) is 0. The summed E-state index contributed by atoms with van der Waals surface area (Å²) < 4.78 is 6.66. The van der Waals surface area contributed by atoms with E-state index in [4.69, 9.17) is 10.00 Å². The summed E-state index contributed by atoms with van der Waals surface area (Å²) in [5, 5.41) is 8.89. The number of halogens is 1. The Morgan fingerprint density at radius 2 is 1.89 bits per heavy atom. The largest absolute Gasteiger partial charge is 0.438 e. The Hall–Kier alpha value is -1.86. The first-order valence-electron chi connectivity index (χ1n) is 5.41. The van der Waals surface area contributed by atoms with Gasteiger partial charge in [0.25, 0.3) is 0 Å². The molecular weight excluding hydrogens is 292 g/mol. The van der Waals surface area contributed by atoms with E-state index in [0.29, 0.717) is 11.4 Å². The number of aromatic nitrogens is 1. The van der Waals surface area contributed by atoms with Gasteiger partial charge in [0.05, 0.1) is 11.6 Å². The van der Waals surface area contributed by atoms with Crippen LogP contribution in [0.5, 0.6) is 11.6 Å². The second-order valence-electron chi connectivity index (χ2n) is 3.97. The van der Waals surface area contributed by atoms with E-state index < -0.39 is 0 Å². The van der Waals surface area contributed by atoms with Gasteiger partial charge in [-0.15, -0.1) is 0 Å². The molecule has 18 heavy (non-hydrogen) atoms. The molecule has 0 aliphatic heterocycles. The fourth-order valence-electron chi connectivity index (χ4n) is 1.70. The lowest BCUT2D eigenvalue weighted by Gasteiger charge is -2.11. The quantitative estimate of drug-likeness (QED) is 0.838. The minimum absolute atomic E-state index is 0.536. The third kappa shape index (κ3) is 2.69. The molecule has 2 aromatic rings. The molecule has 3 nitrogen and oxygen atoms in total. The number of hydrogen-bond acceptors (Lipinski definition) is 3. The van der Waals surface area contributed by atoms with Crippen molar-refractivity contribution < 1.29 is 4.74 Å². The highest BCUT2D eigenvalue weighted by molar-refractivity contribution is 9.10. The van der Waals surface area contributed by atoms with E-state index in [9.17, 15) is 0 Å². The molecule has 0 N–H and O–H groups in total. The molecule has 0 aliphatic rings. The SMILES string of the molecule is Cc1cc(C#N)cc(C)c1Oc1ccc(Br)cn1. The second-order valence-corrected chi connectivity index (χ2v) is 4.88. The van der Waals surface area contributed by atoms with E-state index in [1.807, 2.05) is 19.9 Å². The first kappa shape index (κ1) is 12.6. The van der Waals surface area contributed by atoms with Gasteiger partial charge in [-0.25, -0.2) is 4.98 Å². The molecule has 1 aromatic carbocycles. The summed E-state index contributed by atoms with van der Waals surface area (Å²) in [6.07, 6.45) is 1.68. The van der Waals surface area contributed by atoms with Crippen LogP contribution >= 0.6 is 15.9 Å². The number of benzene rings is 1. The van der Waals surface area contributed by atoms with Gasteiger partial charge in [0, 0.05) is 16.7 Å². The molecule has 0 bridgehead atoms. The van der Waals surface area contributed by atoms with Gasteiger partial charge in [-0.05, 0) is 59.1 Å². The molecule has 0 atom stereocenters. The fourth-order valence-corrected chi connectivity index (χ4v) is 1.94. The zero-order valence-electron chi connectivity index (χ0n) is 10.1. The van der Waals surface area contributed by atoms with Crippen LogP contribution in [0, 0.1) is 25.2 Å². The Morgan fingerprint density at radius 1 is 1.22 bits per heavy atom. The third-order valence-corrected chi connectivity index (χ3v) is 2.97. The topological polar surface area (TPSA) is 45.9 Å². The highest BCUT2D eigenvalue weighted by atomic mass is 79.9. The lowest BCUT2D eigenvalue weighted by molar-refractivity contribution is 0.456. The number of nitrogens with zero attached hydrogens (tertiary/aromatic N) is 2. The maximum Gasteiger partial charge on any atom is 0.219 e. The molecule has 1 aromatic heterocycles. The van der Waals surface area contributed by atoms with Crippen molar-refractivity contribution in [2.24, 2.45) is 0 Å². The Morgan fingerprint density at radius 3 is 2.39 bits per heavy atom. The molecule has 2 rings (SSSR count). The van der Waals surface area contributed by atoms with Gasteiger partial charge in [-0.2, -0.15) is 5.26 Å². The number of nitriles is 1. The first-order chi connectivity index (χ1) is 8.60. The first-order valence-corrected chi connectivity index (χ1v) is 6.20. The summed E-state index contributed by atoms with van der Waals surface area (Å²) in [6.45, 7) is 3.84. The number of pyridine rings is 1. The van der Waals surface area contributed by atoms with Crippen molar-refractivity contribution in [1.82, 2.24) is 4.98 Å². The Labute approximate surface area is 114 Å². The minimum atomic E-state index is 0.536. The molecule has 0 saturated heterocycles. The van der Waals surface area contributed by atoms with Crippen LogP contribution in [-0.4, -0.2) is 4.98 Å². The van der Waals surface area contributed by atoms with Crippen LogP contribution in [0.25, 0.3) is 0 Å². The standard InChI is InChI=1S/C14H11BrN2O/c1-9-5-11(7-16)6-10(2)14(9)18-13-4-3-12(15)8-17-13/h3-6,8H,1-2H3. The summed E-state index contributed by atoms with van der Waals surface area (Å²) in [4.78, 5) is 4.16. The van der Waals surface area contributed by atoms with Crippen LogP contribution in [0.2, 0.25) is 0 Å². The van der Waals surface area contributed by atoms with Crippen molar-refractivity contribution in [2.45, 2.75) is 13.8 Å². The van der Waals surface area contributed by atoms with Crippen molar-refractivity contribution in [3.05, 3.63) is 51.6 Å². The average Bonchev–Trinajstić information content (AvgIpc) is 2.35. The number of rotatable bonds is 2. The van der Waals surface area contributed by atoms with Crippen molar-refractivity contribution >= 4 is 15.9 Å². The molecule has 0 unspecified atom stereocenters. The summed E-state index contributed by atoms with van der Waals surface area (Å²) >= 11 is 3.32. The molecular formula is C14H11BrN2O. The van der Waals surface area contributed by atoms with Gasteiger partial charge in [-0.1, -0.05) is 0 Å². The maximum absolute atomic E-state index is 8.89. The monoisotopic (exact) mass is 302 g/mol. The predicted molar refractivity (Wildman–Crippen MR) is 72.6 cm³/mol. The number of aryl methyl sites for hydroxylation is 2. The zero-order chi connectivity index (χ0) is 13.1. The smallest absolute Gasteiger partial charge is 0.219 e. The van der Waals surface area contributed by atoms with Crippen LogP contribution in [0.4, 0.5) is 0 Å². The molecule has 0 amide bonds. The van der Waals surface area contributed by atoms with Gasteiger partial charge in [-0.3, -0.25) is 0 Å². The van der Waals surface area contributed by atoms with E-state index in [1.54, 1.807) is 24.4 Å². The zero-order valence-corrected chi connectivity index (χ0v) is 11.7. The Balaban J connectivity index is 2.35. The predicted octanol–water partition coefficient (Wildman–Crippen LogP) is 4.12. The van der Waals surface area contributed by atoms with Gasteiger partial charge in [0.2, 0.25) is 5.88 Å². The van der Waals surface area contributed by atoms with Crippen LogP contribution < -0.4 is 4.74 Å². The molecule has 0 aliphatic carbocycles. The van der Waals surface area contributed by atoms with Crippen molar-refractivity contribution in [3.63, 3.8) is 0 Å². The lowest BCUT2D eigenvalue weighted by Crippen LogP contribution is -1.94. The molecule has 90 valence electrons. The van der Waals surface area contributed by atoms with E-state index in [0.717, 1.165) is 21.3 Å². The molecule has 4 heteroatoms. The molecule has 1 heterocycles. The third-order valence-electron chi connectivity index (χ3n) is 2.50. The van der Waals surface area contributed by atoms with Crippen LogP contribution in [-0.2, 0) is 0 Å². The van der Waals surface area contributed by atoms with E-state index in [2.05, 4.69) is 27.0 Å². The molecule has 0 saturated carbocycles. The number of hydrogen-bond donors (Lipinski definition) is 0. The molecule has 0 fully saturated rings. The van der Waals surface area contributed by atoms with Crippen LogP contribution in [0.15, 0.2) is 34.9 Å². The fraction of sp³-hybridized carbons (Fsp3) is 0.143. The highest BCUT2D eigenvalue weighted by Crippen LogP contribution is 2.29. The normalized spacial score (nSPS) is 9.89. The van der Waals surface area contributed by atoms with E-state index >= 15 is 0 Å². The van der Waals surface area contributed by atoms with E-state index in [1.165, 1.54) is 0 Å². The van der Waals surface area contributed by atoms with Crippen molar-refractivity contribution in [3.8, 4) is 17.7 Å². The molecule has 0 spiro atoms. The Kier molecular flexibility index (Phi) is 3.63. The Bertz CT molecular complexity index is 592. The second kappa shape index (κ2) is 5.19. The van der Waals surface area contributed by atoms with Gasteiger partial charge < -0.3 is 4.74 Å². The highest BCUT2D eigenvalue weighted by Gasteiger charge is 2.08. The van der Waals surface area contributed by atoms with Crippen LogP contribution in [0.1, 0.15) is 16.7 Å². The lowest BCUT2D eigenvalue weighted by atomic mass is 10.1. The van der Waals surface area contributed by atoms with E-state index in [-0.39, 0.29) is 0 Å². The minimum Gasteiger partial charge on any atom is -0.438 e.